The summed E-state index contributed by atoms with van der Waals surface area (Å²) in [4.78, 5) is 16.2. The van der Waals surface area contributed by atoms with Crippen molar-refractivity contribution in [2.75, 3.05) is 5.32 Å². The van der Waals surface area contributed by atoms with Crippen molar-refractivity contribution in [1.29, 1.82) is 0 Å². The predicted molar refractivity (Wildman–Crippen MR) is 77.0 cm³/mol. The van der Waals surface area contributed by atoms with Crippen LogP contribution in [0.15, 0.2) is 27.9 Å². The lowest BCUT2D eigenvalue weighted by atomic mass is 10.4. The van der Waals surface area contributed by atoms with Crippen LogP contribution in [0.5, 0.6) is 0 Å². The molecule has 1 N–H and O–H groups in total. The summed E-state index contributed by atoms with van der Waals surface area (Å²) in [5.41, 5.74) is 0.562. The maximum atomic E-state index is 12.0. The zero-order chi connectivity index (χ0) is 13.8. The minimum atomic E-state index is -0.119. The molecule has 0 bridgehead atoms. The number of aromatic nitrogens is 4. The highest BCUT2D eigenvalue weighted by Gasteiger charge is 2.08. The molecule has 0 aliphatic rings. The van der Waals surface area contributed by atoms with Crippen LogP contribution in [0.1, 0.15) is 19.2 Å². The van der Waals surface area contributed by atoms with Crippen LogP contribution in [-0.4, -0.2) is 19.3 Å². The minimum absolute atomic E-state index is 0.119. The van der Waals surface area contributed by atoms with Crippen LogP contribution in [0, 0.1) is 0 Å². The molecule has 7 heteroatoms. The van der Waals surface area contributed by atoms with E-state index >= 15 is 0 Å². The number of imidazole rings is 1. The van der Waals surface area contributed by atoms with Gasteiger partial charge < -0.3 is 9.88 Å². The van der Waals surface area contributed by atoms with Crippen LogP contribution in [0.4, 0.5) is 5.69 Å². The summed E-state index contributed by atoms with van der Waals surface area (Å²) in [6.07, 6.45) is 6.15. The van der Waals surface area contributed by atoms with E-state index in [0.717, 1.165) is 12.2 Å². The SMILES string of the molecule is CCCn1ncc(NCc2nccn2C)c(Br)c1=O. The third kappa shape index (κ3) is 3.04. The Morgan fingerprint density at radius 3 is 2.89 bits per heavy atom. The van der Waals surface area contributed by atoms with Crippen LogP contribution in [0.25, 0.3) is 0 Å². The predicted octanol–water partition coefficient (Wildman–Crippen LogP) is 1.76. The molecule has 0 amide bonds. The van der Waals surface area contributed by atoms with Crippen LogP contribution in [-0.2, 0) is 20.1 Å². The van der Waals surface area contributed by atoms with Crippen molar-refractivity contribution in [3.05, 3.63) is 39.2 Å². The number of nitrogens with zero attached hydrogens (tertiary/aromatic N) is 4. The molecule has 0 saturated heterocycles. The van der Waals surface area contributed by atoms with Crippen molar-refractivity contribution in [2.45, 2.75) is 26.4 Å². The van der Waals surface area contributed by atoms with Gasteiger partial charge in [-0.1, -0.05) is 6.92 Å². The third-order valence-electron chi connectivity index (χ3n) is 2.78. The highest BCUT2D eigenvalue weighted by Crippen LogP contribution is 2.16. The maximum absolute atomic E-state index is 12.0. The van der Waals surface area contributed by atoms with E-state index in [0.29, 0.717) is 23.2 Å². The Morgan fingerprint density at radius 2 is 2.26 bits per heavy atom. The Labute approximate surface area is 119 Å². The van der Waals surface area contributed by atoms with Gasteiger partial charge in [0.25, 0.3) is 5.56 Å². The van der Waals surface area contributed by atoms with E-state index in [-0.39, 0.29) is 5.56 Å². The summed E-state index contributed by atoms with van der Waals surface area (Å²) in [5.74, 6) is 0.893. The molecule has 0 spiro atoms. The summed E-state index contributed by atoms with van der Waals surface area (Å²) in [6.45, 7) is 3.17. The summed E-state index contributed by atoms with van der Waals surface area (Å²) in [5, 5.41) is 7.30. The van der Waals surface area contributed by atoms with E-state index < -0.39 is 0 Å². The number of hydrogen-bond acceptors (Lipinski definition) is 4. The van der Waals surface area contributed by atoms with E-state index in [1.165, 1.54) is 4.68 Å². The highest BCUT2D eigenvalue weighted by atomic mass is 79.9. The van der Waals surface area contributed by atoms with Gasteiger partial charge in [0, 0.05) is 26.0 Å². The quantitative estimate of drug-likeness (QED) is 0.909. The summed E-state index contributed by atoms with van der Waals surface area (Å²) < 4.78 is 3.88. The van der Waals surface area contributed by atoms with Gasteiger partial charge in [-0.2, -0.15) is 5.10 Å². The van der Waals surface area contributed by atoms with Gasteiger partial charge in [0.05, 0.1) is 18.4 Å². The molecule has 0 aromatic carbocycles. The van der Waals surface area contributed by atoms with E-state index in [2.05, 4.69) is 31.3 Å². The lowest BCUT2D eigenvalue weighted by Crippen LogP contribution is -2.24. The molecule has 6 nitrogen and oxygen atoms in total. The van der Waals surface area contributed by atoms with Gasteiger partial charge in [-0.15, -0.1) is 0 Å². The Hall–Kier alpha value is -1.63. The smallest absolute Gasteiger partial charge is 0.283 e. The molecule has 2 rings (SSSR count). The van der Waals surface area contributed by atoms with Gasteiger partial charge in [0.1, 0.15) is 10.3 Å². The standard InChI is InChI=1S/C12H16BrN5O/c1-3-5-18-12(19)11(13)9(7-16-18)15-8-10-14-4-6-17(10)2/h4,6-7,15H,3,5,8H2,1-2H3. The molecule has 2 aromatic rings. The van der Waals surface area contributed by atoms with Gasteiger partial charge in [-0.05, 0) is 22.4 Å². The van der Waals surface area contributed by atoms with E-state index in [1.807, 2.05) is 24.7 Å². The fourth-order valence-electron chi connectivity index (χ4n) is 1.70. The topological polar surface area (TPSA) is 64.7 Å². The number of anilines is 1. The fourth-order valence-corrected chi connectivity index (χ4v) is 2.15. The molecule has 0 unspecified atom stereocenters. The number of halogens is 1. The van der Waals surface area contributed by atoms with Gasteiger partial charge in [0.2, 0.25) is 0 Å². The summed E-state index contributed by atoms with van der Waals surface area (Å²) in [6, 6.07) is 0. The maximum Gasteiger partial charge on any atom is 0.283 e. The molecule has 2 aromatic heterocycles. The molecule has 0 aliphatic heterocycles. The minimum Gasteiger partial charge on any atom is -0.375 e. The second-order valence-corrected chi connectivity index (χ2v) is 5.00. The molecular formula is C12H16BrN5O. The van der Waals surface area contributed by atoms with Crippen molar-refractivity contribution >= 4 is 21.6 Å². The highest BCUT2D eigenvalue weighted by molar-refractivity contribution is 9.10. The molecule has 102 valence electrons. The van der Waals surface area contributed by atoms with Crippen LogP contribution in [0.2, 0.25) is 0 Å². The number of aryl methyl sites for hydroxylation is 2. The van der Waals surface area contributed by atoms with Crippen LogP contribution in [0.3, 0.4) is 0 Å². The van der Waals surface area contributed by atoms with Crippen LogP contribution >= 0.6 is 15.9 Å². The normalized spacial score (nSPS) is 10.7. The molecule has 0 radical (unpaired) electrons. The third-order valence-corrected chi connectivity index (χ3v) is 3.54. The molecule has 2 heterocycles. The van der Waals surface area contributed by atoms with Gasteiger partial charge in [-0.3, -0.25) is 4.79 Å². The van der Waals surface area contributed by atoms with E-state index in [4.69, 9.17) is 0 Å². The number of hydrogen-bond donors (Lipinski definition) is 1. The first-order valence-corrected chi connectivity index (χ1v) is 6.88. The van der Waals surface area contributed by atoms with Gasteiger partial charge >= 0.3 is 0 Å². The van der Waals surface area contributed by atoms with Crippen molar-refractivity contribution in [1.82, 2.24) is 19.3 Å². The van der Waals surface area contributed by atoms with Crippen molar-refractivity contribution in [3.63, 3.8) is 0 Å². The Balaban J connectivity index is 2.16. The lowest BCUT2D eigenvalue weighted by molar-refractivity contribution is 0.566. The molecule has 19 heavy (non-hydrogen) atoms. The zero-order valence-corrected chi connectivity index (χ0v) is 12.5. The first-order chi connectivity index (χ1) is 9.13. The van der Waals surface area contributed by atoms with Crippen LogP contribution < -0.4 is 10.9 Å². The number of rotatable bonds is 5. The van der Waals surface area contributed by atoms with Crippen molar-refractivity contribution < 1.29 is 0 Å². The monoisotopic (exact) mass is 325 g/mol. The fraction of sp³-hybridized carbons (Fsp3) is 0.417. The van der Waals surface area contributed by atoms with Gasteiger partial charge in [-0.25, -0.2) is 9.67 Å². The Morgan fingerprint density at radius 1 is 1.47 bits per heavy atom. The molecular weight excluding hydrogens is 310 g/mol. The zero-order valence-electron chi connectivity index (χ0n) is 10.9. The van der Waals surface area contributed by atoms with E-state index in [1.54, 1.807) is 12.4 Å². The Kier molecular flexibility index (Phi) is 4.36. The average Bonchev–Trinajstić information content (AvgIpc) is 2.80. The molecule has 0 atom stereocenters. The molecule has 0 saturated carbocycles. The summed E-state index contributed by atoms with van der Waals surface area (Å²) >= 11 is 3.32. The second-order valence-electron chi connectivity index (χ2n) is 4.21. The molecule has 0 fully saturated rings. The second kappa shape index (κ2) is 6.01. The average molecular weight is 326 g/mol. The van der Waals surface area contributed by atoms with E-state index in [9.17, 15) is 4.79 Å². The van der Waals surface area contributed by atoms with Crippen molar-refractivity contribution in [2.24, 2.45) is 7.05 Å². The summed E-state index contributed by atoms with van der Waals surface area (Å²) in [7, 11) is 1.93. The number of nitrogens with one attached hydrogen (secondary N) is 1. The van der Waals surface area contributed by atoms with Gasteiger partial charge in [0.15, 0.2) is 0 Å². The molecule has 0 aliphatic carbocycles. The first-order valence-electron chi connectivity index (χ1n) is 6.09. The lowest BCUT2D eigenvalue weighted by Gasteiger charge is -2.09. The Bertz CT molecular complexity index is 619. The van der Waals surface area contributed by atoms with Crippen molar-refractivity contribution in [3.8, 4) is 0 Å². The first kappa shape index (κ1) is 13.8. The largest absolute Gasteiger partial charge is 0.375 e.